The molecule has 0 fully saturated rings. The first-order valence-corrected chi connectivity index (χ1v) is 4.67. The van der Waals surface area contributed by atoms with E-state index in [0.717, 1.165) is 12.0 Å². The number of rotatable bonds is 3. The zero-order chi connectivity index (χ0) is 10.4. The Kier molecular flexibility index (Phi) is 3.92. The van der Waals surface area contributed by atoms with E-state index >= 15 is 0 Å². The molecular formula is C12H14O2. The van der Waals surface area contributed by atoms with Gasteiger partial charge in [0.25, 0.3) is 0 Å². The Morgan fingerprint density at radius 3 is 2.50 bits per heavy atom. The van der Waals surface area contributed by atoms with E-state index in [2.05, 4.69) is 13.0 Å². The van der Waals surface area contributed by atoms with Crippen molar-refractivity contribution in [1.29, 1.82) is 0 Å². The Labute approximate surface area is 84.2 Å². The minimum absolute atomic E-state index is 0.290. The average Bonchev–Trinajstić information content (AvgIpc) is 2.16. The van der Waals surface area contributed by atoms with Crippen LogP contribution in [0.25, 0.3) is 6.08 Å². The molecule has 0 aliphatic heterocycles. The van der Waals surface area contributed by atoms with E-state index in [1.165, 1.54) is 6.92 Å². The lowest BCUT2D eigenvalue weighted by Gasteiger charge is -2.00. The Morgan fingerprint density at radius 1 is 1.36 bits per heavy atom. The van der Waals surface area contributed by atoms with Gasteiger partial charge in [-0.1, -0.05) is 31.2 Å². The van der Waals surface area contributed by atoms with Crippen LogP contribution in [0.1, 0.15) is 25.8 Å². The summed E-state index contributed by atoms with van der Waals surface area (Å²) in [5, 5.41) is 0. The number of carbonyl (C=O) groups is 1. The second-order valence-electron chi connectivity index (χ2n) is 2.97. The third-order valence-electron chi connectivity index (χ3n) is 1.69. The topological polar surface area (TPSA) is 26.3 Å². The van der Waals surface area contributed by atoms with Crippen molar-refractivity contribution in [3.63, 3.8) is 0 Å². The molecule has 0 bridgehead atoms. The molecule has 0 amide bonds. The highest BCUT2D eigenvalue weighted by atomic mass is 16.5. The molecule has 0 aliphatic rings. The third kappa shape index (κ3) is 3.44. The van der Waals surface area contributed by atoms with E-state index in [0.29, 0.717) is 5.75 Å². The summed E-state index contributed by atoms with van der Waals surface area (Å²) in [6.07, 6.45) is 5.14. The number of carbonyl (C=O) groups excluding carboxylic acids is 1. The average molecular weight is 190 g/mol. The smallest absolute Gasteiger partial charge is 0.308 e. The Hall–Kier alpha value is -1.57. The molecule has 0 N–H and O–H groups in total. The van der Waals surface area contributed by atoms with E-state index in [-0.39, 0.29) is 5.97 Å². The normalized spacial score (nSPS) is 10.4. The zero-order valence-electron chi connectivity index (χ0n) is 8.49. The van der Waals surface area contributed by atoms with Gasteiger partial charge in [0.1, 0.15) is 5.75 Å². The Bertz CT molecular complexity index is 323. The zero-order valence-corrected chi connectivity index (χ0v) is 8.49. The molecule has 1 rings (SSSR count). The molecule has 0 saturated heterocycles. The van der Waals surface area contributed by atoms with Gasteiger partial charge >= 0.3 is 5.97 Å². The largest absolute Gasteiger partial charge is 0.427 e. The molecule has 0 aromatic heterocycles. The van der Waals surface area contributed by atoms with Gasteiger partial charge in [-0.2, -0.15) is 0 Å². The Morgan fingerprint density at radius 2 is 2.00 bits per heavy atom. The van der Waals surface area contributed by atoms with E-state index in [4.69, 9.17) is 4.74 Å². The quantitative estimate of drug-likeness (QED) is 0.541. The highest BCUT2D eigenvalue weighted by molar-refractivity contribution is 5.69. The first kappa shape index (κ1) is 10.5. The van der Waals surface area contributed by atoms with Gasteiger partial charge in [0, 0.05) is 6.92 Å². The van der Waals surface area contributed by atoms with Crippen molar-refractivity contribution in [2.75, 3.05) is 0 Å². The van der Waals surface area contributed by atoms with Gasteiger partial charge in [-0.3, -0.25) is 4.79 Å². The molecular weight excluding hydrogens is 176 g/mol. The van der Waals surface area contributed by atoms with Crippen molar-refractivity contribution >= 4 is 12.0 Å². The molecule has 2 heteroatoms. The molecule has 0 heterocycles. The fourth-order valence-corrected chi connectivity index (χ4v) is 1.07. The van der Waals surface area contributed by atoms with Crippen LogP contribution in [0.15, 0.2) is 30.3 Å². The van der Waals surface area contributed by atoms with E-state index in [1.807, 2.05) is 18.2 Å². The van der Waals surface area contributed by atoms with Crippen LogP contribution in [0.3, 0.4) is 0 Å². The Balaban J connectivity index is 2.68. The second kappa shape index (κ2) is 5.22. The van der Waals surface area contributed by atoms with Crippen LogP contribution in [0, 0.1) is 0 Å². The number of allylic oxidation sites excluding steroid dienone is 1. The van der Waals surface area contributed by atoms with Crippen LogP contribution in [0.4, 0.5) is 0 Å². The van der Waals surface area contributed by atoms with Crippen molar-refractivity contribution in [1.82, 2.24) is 0 Å². The molecule has 1 aromatic carbocycles. The van der Waals surface area contributed by atoms with Crippen LogP contribution in [0.2, 0.25) is 0 Å². The molecule has 0 unspecified atom stereocenters. The number of benzene rings is 1. The fraction of sp³-hybridized carbons (Fsp3) is 0.250. The van der Waals surface area contributed by atoms with Crippen molar-refractivity contribution in [3.8, 4) is 5.75 Å². The van der Waals surface area contributed by atoms with Gasteiger partial charge in [-0.25, -0.2) is 0 Å². The fourth-order valence-electron chi connectivity index (χ4n) is 1.07. The molecule has 0 atom stereocenters. The van der Waals surface area contributed by atoms with Gasteiger partial charge in [-0.05, 0) is 24.1 Å². The maximum Gasteiger partial charge on any atom is 0.308 e. The predicted molar refractivity (Wildman–Crippen MR) is 57.1 cm³/mol. The number of hydrogen-bond donors (Lipinski definition) is 0. The van der Waals surface area contributed by atoms with Crippen molar-refractivity contribution < 1.29 is 9.53 Å². The predicted octanol–water partition coefficient (Wildman–Crippen LogP) is 3.04. The van der Waals surface area contributed by atoms with Crippen LogP contribution in [-0.2, 0) is 4.79 Å². The van der Waals surface area contributed by atoms with Gasteiger partial charge in [0.15, 0.2) is 0 Å². The van der Waals surface area contributed by atoms with Gasteiger partial charge in [0.05, 0.1) is 0 Å². The van der Waals surface area contributed by atoms with E-state index < -0.39 is 0 Å². The SMILES string of the molecule is CC/C=C/c1ccc(OC(C)=O)cc1. The maximum absolute atomic E-state index is 10.6. The van der Waals surface area contributed by atoms with Gasteiger partial charge in [-0.15, -0.1) is 0 Å². The lowest BCUT2D eigenvalue weighted by atomic mass is 10.2. The molecule has 0 spiro atoms. The maximum atomic E-state index is 10.6. The standard InChI is InChI=1S/C12H14O2/c1-3-4-5-11-6-8-12(9-7-11)14-10(2)13/h4-9H,3H2,1-2H3/b5-4+. The van der Waals surface area contributed by atoms with Crippen LogP contribution >= 0.6 is 0 Å². The first-order chi connectivity index (χ1) is 6.72. The molecule has 0 saturated carbocycles. The van der Waals surface area contributed by atoms with Crippen molar-refractivity contribution in [2.45, 2.75) is 20.3 Å². The number of esters is 1. The van der Waals surface area contributed by atoms with Crippen LogP contribution in [0.5, 0.6) is 5.75 Å². The van der Waals surface area contributed by atoms with Crippen LogP contribution < -0.4 is 4.74 Å². The summed E-state index contributed by atoms with van der Waals surface area (Å²) in [5.41, 5.74) is 1.11. The molecule has 0 aliphatic carbocycles. The summed E-state index contributed by atoms with van der Waals surface area (Å²) >= 11 is 0. The summed E-state index contributed by atoms with van der Waals surface area (Å²) in [4.78, 5) is 10.6. The van der Waals surface area contributed by atoms with E-state index in [1.54, 1.807) is 12.1 Å². The molecule has 1 aromatic rings. The highest BCUT2D eigenvalue weighted by Crippen LogP contribution is 2.13. The highest BCUT2D eigenvalue weighted by Gasteiger charge is 1.95. The molecule has 74 valence electrons. The van der Waals surface area contributed by atoms with Gasteiger partial charge in [0.2, 0.25) is 0 Å². The van der Waals surface area contributed by atoms with Crippen molar-refractivity contribution in [3.05, 3.63) is 35.9 Å². The van der Waals surface area contributed by atoms with Gasteiger partial charge < -0.3 is 4.74 Å². The second-order valence-corrected chi connectivity index (χ2v) is 2.97. The summed E-state index contributed by atoms with van der Waals surface area (Å²) in [6, 6.07) is 7.42. The summed E-state index contributed by atoms with van der Waals surface area (Å²) in [7, 11) is 0. The molecule has 14 heavy (non-hydrogen) atoms. The minimum Gasteiger partial charge on any atom is -0.427 e. The summed E-state index contributed by atoms with van der Waals surface area (Å²) in [5.74, 6) is 0.299. The molecule has 2 nitrogen and oxygen atoms in total. The van der Waals surface area contributed by atoms with E-state index in [9.17, 15) is 4.79 Å². The monoisotopic (exact) mass is 190 g/mol. The minimum atomic E-state index is -0.290. The van der Waals surface area contributed by atoms with Crippen molar-refractivity contribution in [2.24, 2.45) is 0 Å². The lowest BCUT2D eigenvalue weighted by Crippen LogP contribution is -2.00. The lowest BCUT2D eigenvalue weighted by molar-refractivity contribution is -0.131. The first-order valence-electron chi connectivity index (χ1n) is 4.67. The summed E-state index contributed by atoms with van der Waals surface area (Å²) < 4.78 is 4.91. The number of hydrogen-bond acceptors (Lipinski definition) is 2. The van der Waals surface area contributed by atoms with Crippen LogP contribution in [-0.4, -0.2) is 5.97 Å². The molecule has 0 radical (unpaired) electrons. The summed E-state index contributed by atoms with van der Waals surface area (Å²) in [6.45, 7) is 3.48. The third-order valence-corrected chi connectivity index (χ3v) is 1.69. The number of ether oxygens (including phenoxy) is 1.